The van der Waals surface area contributed by atoms with Crippen molar-refractivity contribution in [1.82, 2.24) is 4.98 Å². The van der Waals surface area contributed by atoms with Gasteiger partial charge in [0.25, 0.3) is 0 Å². The van der Waals surface area contributed by atoms with Crippen molar-refractivity contribution in [3.8, 4) is 0 Å². The van der Waals surface area contributed by atoms with E-state index in [-0.39, 0.29) is 10.6 Å². The van der Waals surface area contributed by atoms with Gasteiger partial charge in [-0.15, -0.1) is 11.3 Å². The van der Waals surface area contributed by atoms with Crippen molar-refractivity contribution in [2.45, 2.75) is 11.2 Å². The molecular formula is C15H10BrFINS. The summed E-state index contributed by atoms with van der Waals surface area (Å²) in [5.41, 5.74) is 2.15. The number of para-hydroxylation sites is 1. The molecule has 0 saturated carbocycles. The first-order valence-electron chi connectivity index (χ1n) is 6.07. The van der Waals surface area contributed by atoms with Gasteiger partial charge in [-0.25, -0.2) is 9.37 Å². The quantitative estimate of drug-likeness (QED) is 0.359. The smallest absolute Gasteiger partial charge is 0.124 e. The number of thiazole rings is 1. The summed E-state index contributed by atoms with van der Waals surface area (Å²) in [6.45, 7) is 0. The average molecular weight is 462 g/mol. The number of hydrogen-bond acceptors (Lipinski definition) is 2. The van der Waals surface area contributed by atoms with Gasteiger partial charge < -0.3 is 0 Å². The SMILES string of the molecule is Fc1ccc(C(Br)Cc2nc3ccccc3s2)c(I)c1. The molecule has 0 aliphatic rings. The van der Waals surface area contributed by atoms with E-state index < -0.39 is 0 Å². The minimum atomic E-state index is -0.196. The zero-order valence-electron chi connectivity index (χ0n) is 10.3. The maximum Gasteiger partial charge on any atom is 0.124 e. The largest absolute Gasteiger partial charge is 0.241 e. The van der Waals surface area contributed by atoms with Crippen LogP contribution in [-0.4, -0.2) is 4.98 Å². The van der Waals surface area contributed by atoms with Crippen molar-refractivity contribution in [2.75, 3.05) is 0 Å². The first-order chi connectivity index (χ1) is 9.63. The Bertz CT molecular complexity index is 725. The van der Waals surface area contributed by atoms with Crippen molar-refractivity contribution >= 4 is 60.1 Å². The third-order valence-corrected chi connectivity index (χ3v) is 5.80. The summed E-state index contributed by atoms with van der Waals surface area (Å²) >= 11 is 7.58. The summed E-state index contributed by atoms with van der Waals surface area (Å²) in [6.07, 6.45) is 0.807. The highest BCUT2D eigenvalue weighted by atomic mass is 127. The first-order valence-corrected chi connectivity index (χ1v) is 8.88. The number of benzene rings is 2. The van der Waals surface area contributed by atoms with Crippen molar-refractivity contribution in [1.29, 1.82) is 0 Å². The fourth-order valence-corrected chi connectivity index (χ4v) is 5.24. The molecule has 5 heteroatoms. The van der Waals surface area contributed by atoms with Gasteiger partial charge in [0.05, 0.1) is 15.2 Å². The van der Waals surface area contributed by atoms with E-state index in [9.17, 15) is 4.39 Å². The molecule has 1 heterocycles. The van der Waals surface area contributed by atoms with Crippen LogP contribution in [0.5, 0.6) is 0 Å². The van der Waals surface area contributed by atoms with E-state index >= 15 is 0 Å². The van der Waals surface area contributed by atoms with Gasteiger partial charge in [0, 0.05) is 14.8 Å². The second kappa shape index (κ2) is 6.07. The topological polar surface area (TPSA) is 12.9 Å². The molecule has 0 bridgehead atoms. The molecule has 0 amide bonds. The van der Waals surface area contributed by atoms with E-state index in [0.717, 1.165) is 26.1 Å². The Morgan fingerprint density at radius 3 is 2.80 bits per heavy atom. The van der Waals surface area contributed by atoms with Gasteiger partial charge in [-0.2, -0.15) is 0 Å². The van der Waals surface area contributed by atoms with Crippen molar-refractivity contribution in [2.24, 2.45) is 0 Å². The van der Waals surface area contributed by atoms with Crippen LogP contribution in [0.3, 0.4) is 0 Å². The van der Waals surface area contributed by atoms with Crippen LogP contribution in [0.25, 0.3) is 10.2 Å². The van der Waals surface area contributed by atoms with E-state index in [2.05, 4.69) is 49.6 Å². The Morgan fingerprint density at radius 1 is 1.25 bits per heavy atom. The zero-order valence-corrected chi connectivity index (χ0v) is 14.9. The maximum absolute atomic E-state index is 13.1. The Morgan fingerprint density at radius 2 is 2.05 bits per heavy atom. The molecule has 1 nitrogen and oxygen atoms in total. The summed E-state index contributed by atoms with van der Waals surface area (Å²) < 4.78 is 15.3. The Labute approximate surface area is 142 Å². The Kier molecular flexibility index (Phi) is 4.37. The minimum absolute atomic E-state index is 0.149. The highest BCUT2D eigenvalue weighted by Crippen LogP contribution is 2.33. The molecule has 0 N–H and O–H groups in total. The van der Waals surface area contributed by atoms with Gasteiger partial charge in [-0.3, -0.25) is 0 Å². The molecule has 0 spiro atoms. The zero-order chi connectivity index (χ0) is 14.1. The number of halogens is 3. The standard InChI is InChI=1S/C15H10BrFINS/c16-11(10-6-5-9(17)7-12(10)18)8-15-19-13-3-1-2-4-14(13)20-15/h1-7,11H,8H2. The Balaban J connectivity index is 1.86. The third kappa shape index (κ3) is 3.04. The van der Waals surface area contributed by atoms with Crippen molar-refractivity contribution in [3.05, 3.63) is 62.4 Å². The molecule has 0 aliphatic heterocycles. The molecule has 20 heavy (non-hydrogen) atoms. The van der Waals surface area contributed by atoms with Crippen LogP contribution >= 0.6 is 49.9 Å². The lowest BCUT2D eigenvalue weighted by atomic mass is 10.1. The number of fused-ring (bicyclic) bond motifs is 1. The molecule has 2 aromatic carbocycles. The summed E-state index contributed by atoms with van der Waals surface area (Å²) in [4.78, 5) is 4.79. The molecule has 3 rings (SSSR count). The predicted octanol–water partition coefficient (Wildman–Crippen LogP) is 5.72. The molecule has 0 saturated heterocycles. The molecule has 0 radical (unpaired) electrons. The minimum Gasteiger partial charge on any atom is -0.241 e. The highest BCUT2D eigenvalue weighted by Gasteiger charge is 2.15. The average Bonchev–Trinajstić information content (AvgIpc) is 2.80. The maximum atomic E-state index is 13.1. The van der Waals surface area contributed by atoms with Gasteiger partial charge in [0.15, 0.2) is 0 Å². The normalized spacial score (nSPS) is 12.8. The number of hydrogen-bond donors (Lipinski definition) is 0. The summed E-state index contributed by atoms with van der Waals surface area (Å²) in [5, 5.41) is 1.09. The third-order valence-electron chi connectivity index (χ3n) is 2.99. The van der Waals surface area contributed by atoms with Gasteiger partial charge in [0.2, 0.25) is 0 Å². The fourth-order valence-electron chi connectivity index (χ4n) is 2.03. The first kappa shape index (κ1) is 14.4. The summed E-state index contributed by atoms with van der Waals surface area (Å²) in [5.74, 6) is -0.196. The monoisotopic (exact) mass is 461 g/mol. The van der Waals surface area contributed by atoms with Crippen molar-refractivity contribution < 1.29 is 4.39 Å². The molecule has 0 aliphatic carbocycles. The van der Waals surface area contributed by atoms with Crippen LogP contribution in [-0.2, 0) is 6.42 Å². The second-order valence-electron chi connectivity index (χ2n) is 4.41. The lowest BCUT2D eigenvalue weighted by molar-refractivity contribution is 0.625. The molecular weight excluding hydrogens is 452 g/mol. The van der Waals surface area contributed by atoms with E-state index in [1.54, 1.807) is 17.4 Å². The number of alkyl halides is 1. The van der Waals surface area contributed by atoms with Crippen molar-refractivity contribution in [3.63, 3.8) is 0 Å². The van der Waals surface area contributed by atoms with E-state index in [0.29, 0.717) is 0 Å². The second-order valence-corrected chi connectivity index (χ2v) is 7.80. The molecule has 0 fully saturated rings. The van der Waals surface area contributed by atoms with Crippen LogP contribution in [0.4, 0.5) is 4.39 Å². The molecule has 3 aromatic rings. The van der Waals surface area contributed by atoms with E-state index in [4.69, 9.17) is 0 Å². The van der Waals surface area contributed by atoms with Gasteiger partial charge in [-0.1, -0.05) is 34.1 Å². The summed E-state index contributed by atoms with van der Waals surface area (Å²) in [6, 6.07) is 13.0. The Hall–Kier alpha value is -0.530. The van der Waals surface area contributed by atoms with E-state index in [1.165, 1.54) is 10.8 Å². The van der Waals surface area contributed by atoms with Gasteiger partial charge >= 0.3 is 0 Å². The van der Waals surface area contributed by atoms with Crippen LogP contribution in [0, 0.1) is 9.39 Å². The molecule has 1 atom stereocenters. The lowest BCUT2D eigenvalue weighted by Crippen LogP contribution is -1.98. The molecule has 1 unspecified atom stereocenters. The molecule has 1 aromatic heterocycles. The predicted molar refractivity (Wildman–Crippen MR) is 94.1 cm³/mol. The van der Waals surface area contributed by atoms with Crippen LogP contribution < -0.4 is 0 Å². The van der Waals surface area contributed by atoms with Gasteiger partial charge in [-0.05, 0) is 52.4 Å². The van der Waals surface area contributed by atoms with Crippen LogP contribution in [0.2, 0.25) is 0 Å². The van der Waals surface area contributed by atoms with Gasteiger partial charge in [0.1, 0.15) is 5.82 Å². The number of aromatic nitrogens is 1. The highest BCUT2D eigenvalue weighted by molar-refractivity contribution is 14.1. The number of rotatable bonds is 3. The number of nitrogens with zero attached hydrogens (tertiary/aromatic N) is 1. The molecule has 102 valence electrons. The van der Waals surface area contributed by atoms with Crippen LogP contribution in [0.15, 0.2) is 42.5 Å². The van der Waals surface area contributed by atoms with Crippen LogP contribution in [0.1, 0.15) is 15.4 Å². The lowest BCUT2D eigenvalue weighted by Gasteiger charge is -2.10. The summed E-state index contributed by atoms with van der Waals surface area (Å²) in [7, 11) is 0. The van der Waals surface area contributed by atoms with E-state index in [1.807, 2.05) is 24.3 Å². The fraction of sp³-hybridized carbons (Fsp3) is 0.133.